The molecular formula is C21H30F4N2O5. The first-order valence-corrected chi connectivity index (χ1v) is 10.3. The number of morpholine rings is 1. The van der Waals surface area contributed by atoms with Crippen LogP contribution in [0.25, 0.3) is 0 Å². The van der Waals surface area contributed by atoms with Crippen LogP contribution in [0.5, 0.6) is 0 Å². The Balaban J connectivity index is 1.85. The smallest absolute Gasteiger partial charge is 0.330 e. The minimum Gasteiger partial charge on any atom is -0.389 e. The van der Waals surface area contributed by atoms with E-state index in [9.17, 15) is 27.5 Å². The molecule has 0 bridgehead atoms. The first-order valence-electron chi connectivity index (χ1n) is 10.3. The SMILES string of the molecule is COCCN(C[C@H]1CN(C[C@H](O)COCC(F)(F)C(F)F)CCO1)C(=O)c1ccccc1. The van der Waals surface area contributed by atoms with E-state index < -0.39 is 31.7 Å². The molecule has 1 N–H and O–H groups in total. The number of hydrogen-bond acceptors (Lipinski definition) is 6. The summed E-state index contributed by atoms with van der Waals surface area (Å²) in [4.78, 5) is 16.4. The molecule has 0 aliphatic carbocycles. The van der Waals surface area contributed by atoms with Crippen molar-refractivity contribution in [2.75, 3.05) is 66.3 Å². The van der Waals surface area contributed by atoms with Crippen molar-refractivity contribution in [2.45, 2.75) is 24.6 Å². The summed E-state index contributed by atoms with van der Waals surface area (Å²) < 4.78 is 65.5. The average molecular weight is 466 g/mol. The summed E-state index contributed by atoms with van der Waals surface area (Å²) in [5.74, 6) is -4.41. The standard InChI is InChI=1S/C21H30F4N2O5/c1-30-9-8-27(19(29)16-5-3-2-4-6-16)13-18-12-26(7-10-32-18)11-17(28)14-31-15-21(24,25)20(22)23/h2-6,17-18,20,28H,7-15H2,1H3/t17-,18+/m0/s1. The van der Waals surface area contributed by atoms with Crippen LogP contribution in [-0.4, -0.2) is 112 Å². The monoisotopic (exact) mass is 466 g/mol. The maximum Gasteiger partial charge on any atom is 0.330 e. The van der Waals surface area contributed by atoms with Gasteiger partial charge in [0.05, 0.1) is 32.0 Å². The maximum absolute atomic E-state index is 12.9. The van der Waals surface area contributed by atoms with Crippen LogP contribution in [0, 0.1) is 0 Å². The van der Waals surface area contributed by atoms with E-state index in [0.717, 1.165) is 0 Å². The molecule has 11 heteroatoms. The number of carbonyl (C=O) groups is 1. The predicted octanol–water partition coefficient (Wildman–Crippen LogP) is 1.75. The van der Waals surface area contributed by atoms with Crippen molar-refractivity contribution in [1.29, 1.82) is 0 Å². The molecule has 0 unspecified atom stereocenters. The van der Waals surface area contributed by atoms with Crippen molar-refractivity contribution < 1.29 is 41.7 Å². The Kier molecular flexibility index (Phi) is 10.8. The Labute approximate surface area is 184 Å². The number of aliphatic hydroxyl groups is 1. The molecule has 0 aromatic heterocycles. The van der Waals surface area contributed by atoms with Crippen LogP contribution in [0.15, 0.2) is 30.3 Å². The van der Waals surface area contributed by atoms with Crippen molar-refractivity contribution in [2.24, 2.45) is 0 Å². The fourth-order valence-corrected chi connectivity index (χ4v) is 3.29. The maximum atomic E-state index is 12.9. The van der Waals surface area contributed by atoms with Gasteiger partial charge in [-0.05, 0) is 12.1 Å². The Hall–Kier alpha value is -1.79. The number of methoxy groups -OCH3 is 1. The van der Waals surface area contributed by atoms with E-state index in [1.165, 1.54) is 0 Å². The minimum absolute atomic E-state index is 0.102. The molecule has 1 saturated heterocycles. The number of ether oxygens (including phenoxy) is 3. The second kappa shape index (κ2) is 13.0. The number of benzene rings is 1. The molecule has 32 heavy (non-hydrogen) atoms. The summed E-state index contributed by atoms with van der Waals surface area (Å²) in [6.07, 6.45) is -5.28. The van der Waals surface area contributed by atoms with Crippen molar-refractivity contribution >= 4 is 5.91 Å². The predicted molar refractivity (Wildman–Crippen MR) is 108 cm³/mol. The van der Waals surface area contributed by atoms with Gasteiger partial charge >= 0.3 is 12.3 Å². The fraction of sp³-hybridized carbons (Fsp3) is 0.667. The Bertz CT molecular complexity index is 683. The number of hydrogen-bond donors (Lipinski definition) is 1. The third-order valence-electron chi connectivity index (χ3n) is 4.91. The van der Waals surface area contributed by atoms with E-state index in [-0.39, 0.29) is 18.6 Å². The Morgan fingerprint density at radius 1 is 1.34 bits per heavy atom. The van der Waals surface area contributed by atoms with Gasteiger partial charge in [-0.2, -0.15) is 8.78 Å². The van der Waals surface area contributed by atoms with Crippen LogP contribution in [0.2, 0.25) is 0 Å². The van der Waals surface area contributed by atoms with Crippen molar-refractivity contribution in [3.8, 4) is 0 Å². The molecule has 0 spiro atoms. The first kappa shape index (κ1) is 26.5. The summed E-state index contributed by atoms with van der Waals surface area (Å²) in [6.45, 7) is 0.444. The van der Waals surface area contributed by atoms with Crippen LogP contribution in [-0.2, 0) is 14.2 Å². The lowest BCUT2D eigenvalue weighted by Crippen LogP contribution is -2.51. The highest BCUT2D eigenvalue weighted by molar-refractivity contribution is 5.94. The third kappa shape index (κ3) is 8.62. The van der Waals surface area contributed by atoms with Crippen LogP contribution < -0.4 is 0 Å². The summed E-state index contributed by atoms with van der Waals surface area (Å²) in [6, 6.07) is 8.83. The van der Waals surface area contributed by atoms with Gasteiger partial charge in [0.15, 0.2) is 0 Å². The number of alkyl halides is 4. The molecular weight excluding hydrogens is 436 g/mol. The van der Waals surface area contributed by atoms with Crippen molar-refractivity contribution in [3.63, 3.8) is 0 Å². The van der Waals surface area contributed by atoms with Gasteiger partial charge < -0.3 is 24.2 Å². The fourth-order valence-electron chi connectivity index (χ4n) is 3.29. The Morgan fingerprint density at radius 3 is 2.72 bits per heavy atom. The van der Waals surface area contributed by atoms with Crippen LogP contribution >= 0.6 is 0 Å². The second-order valence-electron chi connectivity index (χ2n) is 7.59. The number of halogens is 4. The molecule has 1 heterocycles. The average Bonchev–Trinajstić information content (AvgIpc) is 2.76. The van der Waals surface area contributed by atoms with Gasteiger partial charge in [-0.3, -0.25) is 9.69 Å². The van der Waals surface area contributed by atoms with E-state index in [1.807, 2.05) is 11.0 Å². The van der Waals surface area contributed by atoms with Gasteiger partial charge in [-0.1, -0.05) is 18.2 Å². The van der Waals surface area contributed by atoms with E-state index in [1.54, 1.807) is 36.3 Å². The lowest BCUT2D eigenvalue weighted by atomic mass is 10.1. The van der Waals surface area contributed by atoms with Gasteiger partial charge in [0.1, 0.15) is 6.61 Å². The molecule has 2 rings (SSSR count). The summed E-state index contributed by atoms with van der Waals surface area (Å²) >= 11 is 0. The van der Waals surface area contributed by atoms with E-state index in [4.69, 9.17) is 9.47 Å². The molecule has 1 aromatic carbocycles. The highest BCUT2D eigenvalue weighted by Gasteiger charge is 2.41. The number of β-amino-alcohol motifs (C(OH)–C–C–N with tert-alkyl or cyclic N) is 1. The van der Waals surface area contributed by atoms with Crippen molar-refractivity contribution in [3.05, 3.63) is 35.9 Å². The zero-order valence-corrected chi connectivity index (χ0v) is 18.0. The summed E-state index contributed by atoms with van der Waals surface area (Å²) in [5, 5.41) is 10.0. The summed E-state index contributed by atoms with van der Waals surface area (Å²) in [5.41, 5.74) is 0.546. The second-order valence-corrected chi connectivity index (χ2v) is 7.59. The van der Waals surface area contributed by atoms with Gasteiger partial charge in [0.2, 0.25) is 0 Å². The molecule has 1 aromatic rings. The van der Waals surface area contributed by atoms with Gasteiger partial charge in [0, 0.05) is 45.4 Å². The van der Waals surface area contributed by atoms with E-state index in [2.05, 4.69) is 4.74 Å². The highest BCUT2D eigenvalue weighted by atomic mass is 19.3. The largest absolute Gasteiger partial charge is 0.389 e. The number of rotatable bonds is 13. The summed E-state index contributed by atoms with van der Waals surface area (Å²) in [7, 11) is 1.55. The molecule has 182 valence electrons. The first-order chi connectivity index (χ1) is 15.2. The molecule has 1 aliphatic heterocycles. The van der Waals surface area contributed by atoms with Gasteiger partial charge in [-0.25, -0.2) is 8.78 Å². The molecule has 1 aliphatic rings. The zero-order chi connectivity index (χ0) is 23.6. The van der Waals surface area contributed by atoms with Gasteiger partial charge in [0.25, 0.3) is 5.91 Å². The molecule has 1 fully saturated rings. The normalized spacial score (nSPS) is 18.7. The van der Waals surface area contributed by atoms with Crippen LogP contribution in [0.3, 0.4) is 0 Å². The molecule has 7 nitrogen and oxygen atoms in total. The van der Waals surface area contributed by atoms with Crippen LogP contribution in [0.1, 0.15) is 10.4 Å². The number of carbonyl (C=O) groups excluding carboxylic acids is 1. The lowest BCUT2D eigenvalue weighted by molar-refractivity contribution is -0.171. The highest BCUT2D eigenvalue weighted by Crippen LogP contribution is 2.23. The zero-order valence-electron chi connectivity index (χ0n) is 18.0. The topological polar surface area (TPSA) is 71.5 Å². The quantitative estimate of drug-likeness (QED) is 0.447. The third-order valence-corrected chi connectivity index (χ3v) is 4.91. The number of amides is 1. The molecule has 1 amide bonds. The number of nitrogens with zero attached hydrogens (tertiary/aromatic N) is 2. The van der Waals surface area contributed by atoms with Gasteiger partial charge in [-0.15, -0.1) is 0 Å². The number of aliphatic hydroxyl groups excluding tert-OH is 1. The van der Waals surface area contributed by atoms with Crippen molar-refractivity contribution in [1.82, 2.24) is 9.80 Å². The minimum atomic E-state index is -4.25. The van der Waals surface area contributed by atoms with E-state index >= 15 is 0 Å². The molecule has 0 radical (unpaired) electrons. The molecule has 2 atom stereocenters. The van der Waals surface area contributed by atoms with E-state index in [0.29, 0.717) is 45.0 Å². The lowest BCUT2D eigenvalue weighted by Gasteiger charge is -2.36. The molecule has 0 saturated carbocycles. The van der Waals surface area contributed by atoms with Crippen LogP contribution in [0.4, 0.5) is 17.6 Å². The Morgan fingerprint density at radius 2 is 2.06 bits per heavy atom.